The molecule has 31 rings (SSSR count). The van der Waals surface area contributed by atoms with Crippen molar-refractivity contribution in [3.05, 3.63) is 472 Å². The molecule has 30 aromatic rings. The van der Waals surface area contributed by atoms with E-state index in [1.54, 1.807) is 0 Å². The minimum atomic E-state index is -0.0124. The van der Waals surface area contributed by atoms with E-state index in [4.69, 9.17) is 15.0 Å². The van der Waals surface area contributed by atoms with Crippen LogP contribution in [0.4, 0.5) is 0 Å². The molecule has 0 unspecified atom stereocenters. The summed E-state index contributed by atoms with van der Waals surface area (Å²) in [4.78, 5) is 15.6. The van der Waals surface area contributed by atoms with Gasteiger partial charge in [-0.2, -0.15) is 0 Å². The largest absolute Gasteiger partial charge is 0.292 e. The van der Waals surface area contributed by atoms with Crippen molar-refractivity contribution in [2.75, 3.05) is 0 Å². The molecule has 6 aromatic heterocycles. The Bertz CT molecular complexity index is 10500. The van der Waals surface area contributed by atoms with Gasteiger partial charge in [-0.25, -0.2) is 15.0 Å². The Balaban J connectivity index is 0.000000101. The van der Waals surface area contributed by atoms with E-state index in [9.17, 15) is 0 Å². The molecular weight excluding hydrogens is 1670 g/mol. The van der Waals surface area contributed by atoms with Gasteiger partial charge in [0.2, 0.25) is 0 Å². The number of hydrogen-bond donors (Lipinski definition) is 0. The lowest BCUT2D eigenvalue weighted by molar-refractivity contribution is 0.660. The first-order valence-electron chi connectivity index (χ1n) is 47.8. The first-order valence-corrected chi connectivity index (χ1v) is 47.8. The average molecular weight is 1750 g/mol. The maximum absolute atomic E-state index is 5.24. The molecule has 0 saturated carbocycles. The lowest BCUT2D eigenvalue weighted by Crippen LogP contribution is -2.14. The highest BCUT2D eigenvalue weighted by molar-refractivity contribution is 6.30. The van der Waals surface area contributed by atoms with Gasteiger partial charge in [0.15, 0.2) is 0 Å². The third kappa shape index (κ3) is 11.6. The number of fused-ring (bicyclic) bond motifs is 40. The van der Waals surface area contributed by atoms with E-state index in [-0.39, 0.29) is 5.41 Å². The summed E-state index contributed by atoms with van der Waals surface area (Å²) in [5.41, 5.74) is 30.8. The van der Waals surface area contributed by atoms with E-state index < -0.39 is 0 Å². The number of para-hydroxylation sites is 6. The third-order valence-corrected chi connectivity index (χ3v) is 30.2. The SMILES string of the molecule is CC1(C)c2ccccc2-c2ccc(-c3ccc4cc(-c5ccc6c7c8ccccc8ccc7c7nc8ccccc8n7c6c5)ccc4c3)cc21.c1ccc2c(-c3c4ccccc4c(-c4ccc5c6c7ccccc7ccc6c6nc7ccccc7n6c5c4)c4ccccc34)cccc2c1.c1ccc2c(c1)cc(-c1ccc3c4c5ccccc5ccc4c4nc5ccccc5n4c3c1)c1ccccc12. The molecule has 0 fully saturated rings. The smallest absolute Gasteiger partial charge is 0.146 e. The number of rotatable bonds is 5. The van der Waals surface area contributed by atoms with Crippen LogP contribution in [0.1, 0.15) is 25.0 Å². The Morgan fingerprint density at radius 2 is 0.493 bits per heavy atom. The summed E-state index contributed by atoms with van der Waals surface area (Å²) < 4.78 is 7.09. The van der Waals surface area contributed by atoms with E-state index >= 15 is 0 Å². The summed E-state index contributed by atoms with van der Waals surface area (Å²) >= 11 is 0. The van der Waals surface area contributed by atoms with Crippen LogP contribution in [-0.2, 0) is 5.41 Å². The van der Waals surface area contributed by atoms with Gasteiger partial charge in [-0.1, -0.05) is 378 Å². The maximum atomic E-state index is 5.24. The van der Waals surface area contributed by atoms with Crippen LogP contribution in [-0.4, -0.2) is 28.2 Å². The summed E-state index contributed by atoms with van der Waals surface area (Å²) in [6.45, 7) is 4.70. The van der Waals surface area contributed by atoms with Crippen LogP contribution in [0.3, 0.4) is 0 Å². The van der Waals surface area contributed by atoms with Gasteiger partial charge in [-0.15, -0.1) is 0 Å². The van der Waals surface area contributed by atoms with Crippen molar-refractivity contribution in [1.82, 2.24) is 28.2 Å². The number of hydrogen-bond acceptors (Lipinski definition) is 3. The molecule has 24 aromatic carbocycles. The lowest BCUT2D eigenvalue weighted by atomic mass is 9.81. The zero-order valence-corrected chi connectivity index (χ0v) is 75.6. The second kappa shape index (κ2) is 30.0. The van der Waals surface area contributed by atoms with Crippen LogP contribution in [0, 0.1) is 0 Å². The van der Waals surface area contributed by atoms with Gasteiger partial charge in [0, 0.05) is 53.9 Å². The number of nitrogens with zero attached hydrogens (tertiary/aromatic N) is 6. The first-order chi connectivity index (χ1) is 68.2. The highest BCUT2D eigenvalue weighted by Crippen LogP contribution is 2.53. The second-order valence-electron chi connectivity index (χ2n) is 37.9. The molecule has 138 heavy (non-hydrogen) atoms. The third-order valence-electron chi connectivity index (χ3n) is 30.2. The topological polar surface area (TPSA) is 51.9 Å². The van der Waals surface area contributed by atoms with Crippen molar-refractivity contribution < 1.29 is 0 Å². The van der Waals surface area contributed by atoms with Crippen molar-refractivity contribution in [3.63, 3.8) is 0 Å². The molecule has 6 nitrogen and oxygen atoms in total. The van der Waals surface area contributed by atoms with E-state index in [0.717, 1.165) is 55.6 Å². The lowest BCUT2D eigenvalue weighted by Gasteiger charge is -2.22. The van der Waals surface area contributed by atoms with Gasteiger partial charge in [-0.05, 0) is 272 Å². The van der Waals surface area contributed by atoms with E-state index in [1.165, 1.54) is 234 Å². The van der Waals surface area contributed by atoms with Crippen molar-refractivity contribution in [3.8, 4) is 66.8 Å². The van der Waals surface area contributed by atoms with Gasteiger partial charge >= 0.3 is 0 Å². The van der Waals surface area contributed by atoms with Crippen molar-refractivity contribution in [2.45, 2.75) is 19.3 Å². The molecule has 0 amide bonds. The van der Waals surface area contributed by atoms with Gasteiger partial charge < -0.3 is 0 Å². The Morgan fingerprint density at radius 3 is 1.01 bits per heavy atom. The molecule has 6 heteroatoms. The highest BCUT2D eigenvalue weighted by Gasteiger charge is 2.36. The van der Waals surface area contributed by atoms with E-state index in [2.05, 4.69) is 488 Å². The summed E-state index contributed by atoms with van der Waals surface area (Å²) in [5.74, 6) is 0. The Morgan fingerprint density at radius 1 is 0.167 bits per heavy atom. The molecule has 0 spiro atoms. The zero-order chi connectivity index (χ0) is 90.7. The van der Waals surface area contributed by atoms with Gasteiger partial charge in [0.05, 0.1) is 49.7 Å². The second-order valence-corrected chi connectivity index (χ2v) is 37.9. The van der Waals surface area contributed by atoms with Crippen LogP contribution in [0.2, 0.25) is 0 Å². The molecule has 6 heterocycles. The molecule has 640 valence electrons. The summed E-state index contributed by atoms with van der Waals surface area (Å²) in [7, 11) is 0. The standard InChI is InChI=1S/C48H32N2.C47H28N2.C37H22N2/c1-48(2)41-12-6-5-11-37(41)38-22-20-34(27-42(38)48)32-17-15-31-26-33(18-16-30(31)25-32)35-21-23-39-45(28-35)50-44-14-8-7-13-43(44)49-47(50)40-24-19-29-9-3-4-10-36(29)46(39)40;1-3-15-32-29(12-1)14-11-21-34(32)46-37-19-7-5-17-35(37)44(36-18-6-8-20-38(36)46)31-25-26-39-43(28-31)49-42-23-10-9-22-41(42)48-47(49)40-27-24-30-13-2-4-16-33(30)45(39)40;1-4-12-27-23(9-1)17-20-31-36(27)30-19-18-25(22-35(30)39-34-16-8-7-15-33(34)38-37(31)39)32-21-24-10-2-3-11-26(24)28-13-5-6-14-29(28)32/h3-28H,1-2H3;1-28H;1-22H. The minimum absolute atomic E-state index is 0.0124. The zero-order valence-electron chi connectivity index (χ0n) is 75.6. The fourth-order valence-electron chi connectivity index (χ4n) is 23.8. The van der Waals surface area contributed by atoms with Gasteiger partial charge in [0.25, 0.3) is 0 Å². The molecule has 0 aliphatic heterocycles. The molecule has 1 aliphatic rings. The normalized spacial score (nSPS) is 12.6. The van der Waals surface area contributed by atoms with E-state index in [1.807, 2.05) is 0 Å². The van der Waals surface area contributed by atoms with Crippen molar-refractivity contribution >= 4 is 212 Å². The maximum Gasteiger partial charge on any atom is 0.146 e. The van der Waals surface area contributed by atoms with Crippen LogP contribution in [0.15, 0.2) is 461 Å². The first kappa shape index (κ1) is 77.6. The Hall–Kier alpha value is -18.0. The van der Waals surface area contributed by atoms with Crippen LogP contribution < -0.4 is 0 Å². The number of imidazole rings is 3. The van der Waals surface area contributed by atoms with Crippen LogP contribution in [0.5, 0.6) is 0 Å². The van der Waals surface area contributed by atoms with Crippen molar-refractivity contribution in [2.24, 2.45) is 0 Å². The number of benzene rings is 24. The number of aromatic nitrogens is 6. The van der Waals surface area contributed by atoms with E-state index in [0.29, 0.717) is 0 Å². The van der Waals surface area contributed by atoms with Crippen LogP contribution >= 0.6 is 0 Å². The van der Waals surface area contributed by atoms with Crippen molar-refractivity contribution in [1.29, 1.82) is 0 Å². The monoisotopic (exact) mass is 1750 g/mol. The minimum Gasteiger partial charge on any atom is -0.292 e. The Labute approximate surface area is 792 Å². The number of pyridine rings is 3. The average Bonchev–Trinajstić information content (AvgIpc) is 1.37. The summed E-state index contributed by atoms with van der Waals surface area (Å²) in [6.07, 6.45) is 0. The quantitative estimate of drug-likeness (QED) is 0.127. The van der Waals surface area contributed by atoms with Gasteiger partial charge in [0.1, 0.15) is 16.9 Å². The predicted molar refractivity (Wildman–Crippen MR) is 585 cm³/mol. The molecular formula is C132H82N6. The summed E-state index contributed by atoms with van der Waals surface area (Å²) in [5, 5.41) is 33.7. The molecule has 1 aliphatic carbocycles. The molecule has 0 N–H and O–H groups in total. The summed E-state index contributed by atoms with van der Waals surface area (Å²) in [6, 6.07) is 169. The fourth-order valence-corrected chi connectivity index (χ4v) is 23.8. The molecule has 0 saturated heterocycles. The van der Waals surface area contributed by atoms with Gasteiger partial charge in [-0.3, -0.25) is 13.2 Å². The fraction of sp³-hybridized carbons (Fsp3) is 0.0227. The Kier molecular flexibility index (Phi) is 16.9. The highest BCUT2D eigenvalue weighted by atomic mass is 15.0. The molecule has 0 bridgehead atoms. The predicted octanol–water partition coefficient (Wildman–Crippen LogP) is 35.4. The van der Waals surface area contributed by atoms with Crippen LogP contribution in [0.25, 0.3) is 279 Å². The molecule has 0 atom stereocenters. The molecule has 0 radical (unpaired) electrons.